The summed E-state index contributed by atoms with van der Waals surface area (Å²) in [6.07, 6.45) is 8.56. The zero-order valence-electron chi connectivity index (χ0n) is 18.2. The van der Waals surface area contributed by atoms with Gasteiger partial charge in [0.2, 0.25) is 0 Å². The van der Waals surface area contributed by atoms with Crippen molar-refractivity contribution < 1.29 is 24.5 Å². The normalized spacial score (nSPS) is 10.2. The van der Waals surface area contributed by atoms with Crippen LogP contribution in [0.3, 0.4) is 0 Å². The zero-order valence-corrected chi connectivity index (χ0v) is 18.2. The number of rotatable bonds is 14. The maximum absolute atomic E-state index is 9.10. The Hall–Kier alpha value is -2.70. The van der Waals surface area contributed by atoms with E-state index in [9.17, 15) is 0 Å². The van der Waals surface area contributed by atoms with Gasteiger partial charge in [0, 0.05) is 19.8 Å². The minimum absolute atomic E-state index is 0.908. The first-order valence-corrected chi connectivity index (χ1v) is 10.9. The molecule has 0 radical (unpaired) electrons. The lowest BCUT2D eigenvalue weighted by atomic mass is 10.1. The molecule has 0 atom stereocenters. The van der Waals surface area contributed by atoms with Gasteiger partial charge in [0.15, 0.2) is 0 Å². The van der Waals surface area contributed by atoms with Crippen LogP contribution in [0.4, 0.5) is 0 Å². The molecule has 0 aliphatic rings. The summed E-state index contributed by atoms with van der Waals surface area (Å²) in [5.41, 5.74) is 2.80. The van der Waals surface area contributed by atoms with Crippen LogP contribution in [0.15, 0.2) is 60.7 Å². The van der Waals surface area contributed by atoms with Crippen molar-refractivity contribution in [2.24, 2.45) is 0 Å². The average Bonchev–Trinajstić information content (AvgIpc) is 2.78. The second-order valence-corrected chi connectivity index (χ2v) is 7.24. The molecule has 31 heavy (non-hydrogen) atoms. The fourth-order valence-electron chi connectivity index (χ4n) is 2.92. The lowest BCUT2D eigenvalue weighted by molar-refractivity contribution is -0.159. The van der Waals surface area contributed by atoms with Gasteiger partial charge in [0.25, 0.3) is 0 Å². The number of hydrogen-bond donors (Lipinski definition) is 3. The summed E-state index contributed by atoms with van der Waals surface area (Å²) >= 11 is 0. The van der Waals surface area contributed by atoms with E-state index < -0.39 is 11.9 Å². The summed E-state index contributed by atoms with van der Waals surface area (Å²) < 4.78 is 5.74. The van der Waals surface area contributed by atoms with E-state index in [2.05, 4.69) is 66.0 Å². The summed E-state index contributed by atoms with van der Waals surface area (Å²) in [5.74, 6) is -3.65. The standard InChI is InChI=1S/C23H33NO.C2H2O4/c1(10-18-24-21-23-16-7-4-8-17-23)2-11-19-25-20-12-9-15-22-13-5-3-6-14-22;3-1(4)2(5)6/h3-8,13-14,16-17,24H,1-2,9-12,15,18-21H2;(H,3,4)(H,5,6). The fraction of sp³-hybridized carbons (Fsp3) is 0.440. The molecule has 0 aliphatic carbocycles. The van der Waals surface area contributed by atoms with E-state index in [0.29, 0.717) is 0 Å². The van der Waals surface area contributed by atoms with E-state index in [1.807, 2.05) is 0 Å². The number of carboxylic acids is 2. The van der Waals surface area contributed by atoms with E-state index >= 15 is 0 Å². The number of aryl methyl sites for hydroxylation is 1. The van der Waals surface area contributed by atoms with E-state index in [-0.39, 0.29) is 0 Å². The molecule has 0 unspecified atom stereocenters. The van der Waals surface area contributed by atoms with Gasteiger partial charge >= 0.3 is 11.9 Å². The predicted molar refractivity (Wildman–Crippen MR) is 122 cm³/mol. The number of hydrogen-bond acceptors (Lipinski definition) is 4. The zero-order chi connectivity index (χ0) is 22.6. The van der Waals surface area contributed by atoms with E-state index in [0.717, 1.165) is 32.7 Å². The molecule has 6 nitrogen and oxygen atoms in total. The van der Waals surface area contributed by atoms with E-state index in [4.69, 9.17) is 24.5 Å². The van der Waals surface area contributed by atoms with Gasteiger partial charge in [-0.1, -0.05) is 73.5 Å². The summed E-state index contributed by atoms with van der Waals surface area (Å²) in [4.78, 5) is 18.2. The summed E-state index contributed by atoms with van der Waals surface area (Å²) in [6, 6.07) is 21.3. The summed E-state index contributed by atoms with van der Waals surface area (Å²) in [6.45, 7) is 3.91. The number of carbonyl (C=O) groups is 2. The maximum atomic E-state index is 9.10. The number of unbranched alkanes of at least 4 members (excludes halogenated alkanes) is 4. The molecule has 0 bridgehead atoms. The highest BCUT2D eigenvalue weighted by Gasteiger charge is 2.04. The smallest absolute Gasteiger partial charge is 0.414 e. The first kappa shape index (κ1) is 26.3. The lowest BCUT2D eigenvalue weighted by Crippen LogP contribution is -2.14. The quantitative estimate of drug-likeness (QED) is 0.302. The van der Waals surface area contributed by atoms with Crippen molar-refractivity contribution in [2.45, 2.75) is 51.5 Å². The molecule has 2 aromatic carbocycles. The molecule has 0 aliphatic heterocycles. The topological polar surface area (TPSA) is 95.9 Å². The Morgan fingerprint density at radius 1 is 0.677 bits per heavy atom. The van der Waals surface area contributed by atoms with Crippen LogP contribution in [0.2, 0.25) is 0 Å². The van der Waals surface area contributed by atoms with Crippen molar-refractivity contribution in [3.63, 3.8) is 0 Å². The molecule has 3 N–H and O–H groups in total. The third-order valence-electron chi connectivity index (χ3n) is 4.59. The highest BCUT2D eigenvalue weighted by molar-refractivity contribution is 6.27. The van der Waals surface area contributed by atoms with Crippen molar-refractivity contribution in [3.05, 3.63) is 71.8 Å². The molecule has 0 heterocycles. The van der Waals surface area contributed by atoms with Crippen molar-refractivity contribution in [1.29, 1.82) is 0 Å². The average molecular weight is 430 g/mol. The Morgan fingerprint density at radius 3 is 1.77 bits per heavy atom. The van der Waals surface area contributed by atoms with Crippen LogP contribution in [-0.4, -0.2) is 41.9 Å². The Balaban J connectivity index is 0.000000703. The van der Waals surface area contributed by atoms with Crippen molar-refractivity contribution in [2.75, 3.05) is 19.8 Å². The molecule has 0 saturated carbocycles. The molecule has 0 aromatic heterocycles. The van der Waals surface area contributed by atoms with E-state index in [1.165, 1.54) is 49.7 Å². The SMILES string of the molecule is O=C(O)C(=O)O.c1ccc(CCCCOCCCCCCNCc2ccccc2)cc1. The minimum Gasteiger partial charge on any atom is -0.473 e. The first-order chi connectivity index (χ1) is 15.1. The highest BCUT2D eigenvalue weighted by Crippen LogP contribution is 2.05. The molecule has 0 fully saturated rings. The summed E-state index contributed by atoms with van der Waals surface area (Å²) in [5, 5.41) is 18.3. The monoisotopic (exact) mass is 429 g/mol. The molecule has 6 heteroatoms. The number of aliphatic carboxylic acids is 2. The molecule has 0 saturated heterocycles. The molecular formula is C25H35NO5. The molecule has 0 amide bonds. The Labute approximate surface area is 185 Å². The second kappa shape index (κ2) is 18.1. The molecule has 2 aromatic rings. The largest absolute Gasteiger partial charge is 0.473 e. The van der Waals surface area contributed by atoms with E-state index in [1.54, 1.807) is 0 Å². The number of carboxylic acid groups (broad SMARTS) is 2. The van der Waals surface area contributed by atoms with Crippen LogP contribution in [-0.2, 0) is 27.3 Å². The van der Waals surface area contributed by atoms with Gasteiger partial charge in [-0.2, -0.15) is 0 Å². The van der Waals surface area contributed by atoms with Crippen molar-refractivity contribution in [3.8, 4) is 0 Å². The first-order valence-electron chi connectivity index (χ1n) is 10.9. The third-order valence-corrected chi connectivity index (χ3v) is 4.59. The second-order valence-electron chi connectivity index (χ2n) is 7.24. The predicted octanol–water partition coefficient (Wildman–Crippen LogP) is 4.53. The molecule has 0 spiro atoms. The Kier molecular flexibility index (Phi) is 15.4. The fourth-order valence-corrected chi connectivity index (χ4v) is 2.92. The lowest BCUT2D eigenvalue weighted by Gasteiger charge is -2.06. The summed E-state index contributed by atoms with van der Waals surface area (Å²) in [7, 11) is 0. The van der Waals surface area contributed by atoms with Gasteiger partial charge in [0.1, 0.15) is 0 Å². The van der Waals surface area contributed by atoms with Gasteiger partial charge in [0.05, 0.1) is 0 Å². The highest BCUT2D eigenvalue weighted by atomic mass is 16.5. The van der Waals surface area contributed by atoms with Crippen LogP contribution in [0, 0.1) is 0 Å². The Bertz CT molecular complexity index is 645. The van der Waals surface area contributed by atoms with Gasteiger partial charge in [-0.25, -0.2) is 9.59 Å². The number of nitrogens with one attached hydrogen (secondary N) is 1. The maximum Gasteiger partial charge on any atom is 0.414 e. The Morgan fingerprint density at radius 2 is 1.19 bits per heavy atom. The van der Waals surface area contributed by atoms with Gasteiger partial charge in [-0.05, 0) is 49.8 Å². The van der Waals surface area contributed by atoms with Crippen molar-refractivity contribution >= 4 is 11.9 Å². The van der Waals surface area contributed by atoms with Crippen LogP contribution >= 0.6 is 0 Å². The minimum atomic E-state index is -1.82. The third kappa shape index (κ3) is 15.8. The molecule has 2 rings (SSSR count). The van der Waals surface area contributed by atoms with Crippen LogP contribution in [0.1, 0.15) is 49.7 Å². The van der Waals surface area contributed by atoms with Crippen molar-refractivity contribution in [1.82, 2.24) is 5.32 Å². The molecule has 170 valence electrons. The van der Waals surface area contributed by atoms with Crippen LogP contribution in [0.25, 0.3) is 0 Å². The van der Waals surface area contributed by atoms with Crippen LogP contribution in [0.5, 0.6) is 0 Å². The van der Waals surface area contributed by atoms with Gasteiger partial charge < -0.3 is 20.3 Å². The molecular weight excluding hydrogens is 394 g/mol. The number of ether oxygens (including phenoxy) is 1. The van der Waals surface area contributed by atoms with Gasteiger partial charge in [-0.3, -0.25) is 0 Å². The number of benzene rings is 2. The van der Waals surface area contributed by atoms with Crippen LogP contribution < -0.4 is 5.32 Å². The van der Waals surface area contributed by atoms with Gasteiger partial charge in [-0.15, -0.1) is 0 Å².